The lowest BCUT2D eigenvalue weighted by atomic mass is 9.94. The number of halogens is 1. The van der Waals surface area contributed by atoms with Gasteiger partial charge in [0, 0.05) is 74.9 Å². The quantitative estimate of drug-likeness (QED) is 0.506. The van der Waals surface area contributed by atoms with Gasteiger partial charge >= 0.3 is 5.69 Å². The average molecular weight is 477 g/mol. The van der Waals surface area contributed by atoms with Gasteiger partial charge in [-0.1, -0.05) is 0 Å². The van der Waals surface area contributed by atoms with Crippen LogP contribution in [-0.2, 0) is 7.05 Å². The number of hydrogen-bond donors (Lipinski definition) is 1. The van der Waals surface area contributed by atoms with E-state index >= 15 is 0 Å². The van der Waals surface area contributed by atoms with Crippen molar-refractivity contribution in [3.63, 3.8) is 0 Å². The fraction of sp³-hybridized carbons (Fsp3) is 0.609. The maximum absolute atomic E-state index is 11.6. The van der Waals surface area contributed by atoms with Gasteiger partial charge in [0.2, 0.25) is 0 Å². The Labute approximate surface area is 200 Å². The molecule has 3 saturated heterocycles. The molecule has 10 heteroatoms. The van der Waals surface area contributed by atoms with Gasteiger partial charge in [0.25, 0.3) is 0 Å². The van der Waals surface area contributed by atoms with E-state index in [4.69, 9.17) is 4.74 Å². The molecule has 3 aliphatic heterocycles. The molecule has 0 saturated carbocycles. The first-order valence-corrected chi connectivity index (χ1v) is 11.5. The standard InChI is InChI=1S/C23H32N6O3.ClH/c1-26-13-19(11-25-26)20-7-22(29(30)31)23(32-2)8-21(20)28-5-3-16(4-6-28)12-27-14-17-9-24-10-18(17)15-27;/h7-8,11,13,16-18,24H,3-6,9-10,12,14-15H2,1-2H3;1H. The fourth-order valence-electron chi connectivity index (χ4n) is 5.74. The predicted molar refractivity (Wildman–Crippen MR) is 130 cm³/mol. The molecule has 2 aromatic rings. The minimum absolute atomic E-state index is 0. The van der Waals surface area contributed by atoms with E-state index in [1.807, 2.05) is 19.3 Å². The van der Waals surface area contributed by atoms with Gasteiger partial charge in [-0.05, 0) is 43.7 Å². The van der Waals surface area contributed by atoms with Gasteiger partial charge in [0.15, 0.2) is 5.75 Å². The van der Waals surface area contributed by atoms with Crippen LogP contribution < -0.4 is 15.0 Å². The summed E-state index contributed by atoms with van der Waals surface area (Å²) in [5.41, 5.74) is 2.69. The topological polar surface area (TPSA) is 88.7 Å². The molecule has 2 unspecified atom stereocenters. The molecule has 0 bridgehead atoms. The molecule has 5 rings (SSSR count). The number of methoxy groups -OCH3 is 1. The van der Waals surface area contributed by atoms with Crippen LogP contribution in [-0.4, -0.2) is 72.5 Å². The van der Waals surface area contributed by atoms with Crippen LogP contribution in [0.15, 0.2) is 24.5 Å². The van der Waals surface area contributed by atoms with E-state index < -0.39 is 0 Å². The second-order valence-electron chi connectivity index (χ2n) is 9.53. The first-order valence-electron chi connectivity index (χ1n) is 11.5. The summed E-state index contributed by atoms with van der Waals surface area (Å²) < 4.78 is 7.10. The van der Waals surface area contributed by atoms with Gasteiger partial charge in [-0.2, -0.15) is 5.10 Å². The SMILES string of the molecule is COc1cc(N2CCC(CN3CC4CNCC4C3)CC2)c(-c2cnn(C)c2)cc1[N+](=O)[O-].Cl. The first kappa shape index (κ1) is 23.8. The zero-order valence-electron chi connectivity index (χ0n) is 19.3. The molecule has 1 aromatic heterocycles. The number of nitro groups is 1. The number of benzene rings is 1. The van der Waals surface area contributed by atoms with E-state index in [2.05, 4.69) is 20.2 Å². The number of nitrogens with one attached hydrogen (secondary N) is 1. The number of fused-ring (bicyclic) bond motifs is 1. The summed E-state index contributed by atoms with van der Waals surface area (Å²) in [5, 5.41) is 19.4. The van der Waals surface area contributed by atoms with E-state index in [0.29, 0.717) is 11.7 Å². The van der Waals surface area contributed by atoms with Crippen molar-refractivity contribution in [2.24, 2.45) is 24.8 Å². The Kier molecular flexibility index (Phi) is 7.11. The van der Waals surface area contributed by atoms with Gasteiger partial charge in [-0.25, -0.2) is 0 Å². The molecule has 0 spiro atoms. The number of nitro benzene ring substituents is 1. The van der Waals surface area contributed by atoms with Crippen LogP contribution in [0.1, 0.15) is 12.8 Å². The second-order valence-corrected chi connectivity index (χ2v) is 9.53. The minimum Gasteiger partial charge on any atom is -0.490 e. The molecule has 0 radical (unpaired) electrons. The van der Waals surface area contributed by atoms with Crippen LogP contribution >= 0.6 is 12.4 Å². The maximum Gasteiger partial charge on any atom is 0.311 e. The smallest absolute Gasteiger partial charge is 0.311 e. The van der Waals surface area contributed by atoms with Gasteiger partial charge in [-0.15, -0.1) is 12.4 Å². The minimum atomic E-state index is -0.379. The van der Waals surface area contributed by atoms with Crippen LogP contribution in [0.2, 0.25) is 0 Å². The number of anilines is 1. The highest BCUT2D eigenvalue weighted by atomic mass is 35.5. The summed E-state index contributed by atoms with van der Waals surface area (Å²) in [6.45, 7) is 7.92. The molecule has 1 aromatic carbocycles. The summed E-state index contributed by atoms with van der Waals surface area (Å²) >= 11 is 0. The Hall–Kier alpha value is -2.36. The third-order valence-corrected chi connectivity index (χ3v) is 7.45. The predicted octanol–water partition coefficient (Wildman–Crippen LogP) is 2.79. The normalized spacial score (nSPS) is 23.4. The van der Waals surface area contributed by atoms with E-state index in [9.17, 15) is 10.1 Å². The van der Waals surface area contributed by atoms with Crippen molar-refractivity contribution in [1.82, 2.24) is 20.0 Å². The lowest BCUT2D eigenvalue weighted by molar-refractivity contribution is -0.385. The third-order valence-electron chi connectivity index (χ3n) is 7.45. The van der Waals surface area contributed by atoms with Crippen molar-refractivity contribution < 1.29 is 9.66 Å². The lowest BCUT2D eigenvalue weighted by Gasteiger charge is -2.36. The Balaban J connectivity index is 0.00000259. The lowest BCUT2D eigenvalue weighted by Crippen LogP contribution is -2.39. The molecule has 2 atom stereocenters. The van der Waals surface area contributed by atoms with Crippen molar-refractivity contribution in [3.05, 3.63) is 34.6 Å². The van der Waals surface area contributed by atoms with Gasteiger partial charge in [-0.3, -0.25) is 14.8 Å². The highest BCUT2D eigenvalue weighted by Gasteiger charge is 2.37. The summed E-state index contributed by atoms with van der Waals surface area (Å²) in [4.78, 5) is 16.3. The van der Waals surface area contributed by atoms with Crippen LogP contribution in [0.3, 0.4) is 0 Å². The first-order chi connectivity index (χ1) is 15.5. The Morgan fingerprint density at radius 3 is 2.48 bits per heavy atom. The van der Waals surface area contributed by atoms with Gasteiger partial charge in [0.05, 0.1) is 18.2 Å². The summed E-state index contributed by atoms with van der Waals surface area (Å²) in [7, 11) is 3.35. The van der Waals surface area contributed by atoms with E-state index in [-0.39, 0.29) is 23.0 Å². The van der Waals surface area contributed by atoms with Crippen molar-refractivity contribution >= 4 is 23.8 Å². The molecule has 1 N–H and O–H groups in total. The molecule has 0 amide bonds. The van der Waals surface area contributed by atoms with Crippen molar-refractivity contribution in [1.29, 1.82) is 0 Å². The number of aromatic nitrogens is 2. The largest absolute Gasteiger partial charge is 0.490 e. The number of likely N-dealkylation sites (tertiary alicyclic amines) is 1. The molecule has 4 heterocycles. The molecular weight excluding hydrogens is 444 g/mol. The summed E-state index contributed by atoms with van der Waals surface area (Å²) in [5.74, 6) is 2.69. The molecule has 33 heavy (non-hydrogen) atoms. The third kappa shape index (κ3) is 4.81. The maximum atomic E-state index is 11.6. The van der Waals surface area contributed by atoms with Crippen LogP contribution in [0.25, 0.3) is 11.1 Å². The molecule has 3 fully saturated rings. The molecule has 3 aliphatic rings. The Morgan fingerprint density at radius 2 is 1.91 bits per heavy atom. The number of nitrogens with zero attached hydrogens (tertiary/aromatic N) is 5. The van der Waals surface area contributed by atoms with Gasteiger partial charge < -0.3 is 19.9 Å². The molecule has 9 nitrogen and oxygen atoms in total. The van der Waals surface area contributed by atoms with Crippen LogP contribution in [0.4, 0.5) is 11.4 Å². The summed E-state index contributed by atoms with van der Waals surface area (Å²) in [6, 6.07) is 3.46. The fourth-order valence-corrected chi connectivity index (χ4v) is 5.74. The zero-order chi connectivity index (χ0) is 22.2. The highest BCUT2D eigenvalue weighted by Crippen LogP contribution is 2.41. The van der Waals surface area contributed by atoms with E-state index in [0.717, 1.165) is 54.6 Å². The second kappa shape index (κ2) is 9.87. The molecule has 180 valence electrons. The zero-order valence-corrected chi connectivity index (χ0v) is 20.1. The number of aryl methyl sites for hydroxylation is 1. The molecular formula is C23H33ClN6O3. The Bertz CT molecular complexity index is 979. The number of rotatable bonds is 6. The number of hydrogen-bond acceptors (Lipinski definition) is 7. The van der Waals surface area contributed by atoms with Crippen LogP contribution in [0, 0.1) is 27.9 Å². The Morgan fingerprint density at radius 1 is 1.21 bits per heavy atom. The number of piperidine rings is 1. The van der Waals surface area contributed by atoms with Crippen molar-refractivity contribution in [3.8, 4) is 16.9 Å². The van der Waals surface area contributed by atoms with Gasteiger partial charge in [0.1, 0.15) is 0 Å². The van der Waals surface area contributed by atoms with Crippen LogP contribution in [0.5, 0.6) is 5.75 Å². The average Bonchev–Trinajstić information content (AvgIpc) is 3.50. The highest BCUT2D eigenvalue weighted by molar-refractivity contribution is 5.85. The van der Waals surface area contributed by atoms with Crippen molar-refractivity contribution in [2.45, 2.75) is 12.8 Å². The number of ether oxygens (including phenoxy) is 1. The van der Waals surface area contributed by atoms with E-state index in [1.54, 1.807) is 16.9 Å². The van der Waals surface area contributed by atoms with Crippen molar-refractivity contribution in [2.75, 3.05) is 57.8 Å². The monoisotopic (exact) mass is 476 g/mol. The summed E-state index contributed by atoms with van der Waals surface area (Å²) in [6.07, 6.45) is 5.94. The van der Waals surface area contributed by atoms with E-state index in [1.165, 1.54) is 39.8 Å². The molecule has 0 aliphatic carbocycles.